The van der Waals surface area contributed by atoms with Crippen molar-refractivity contribution < 1.29 is 12.6 Å². The monoisotopic (exact) mass is 318 g/mol. The lowest BCUT2D eigenvalue weighted by Gasteiger charge is -2.07. The average Bonchev–Trinajstić information content (AvgIpc) is 2.47. The van der Waals surface area contributed by atoms with Crippen LogP contribution in [0.15, 0.2) is 63.0 Å². The van der Waals surface area contributed by atoms with Crippen molar-refractivity contribution in [3.63, 3.8) is 0 Å². The van der Waals surface area contributed by atoms with Crippen LogP contribution in [0.4, 0.5) is 0 Å². The predicted octanol–water partition coefficient (Wildman–Crippen LogP) is 0.984. The first-order valence-corrected chi connectivity index (χ1v) is 7.62. The summed E-state index contributed by atoms with van der Waals surface area (Å²) >= 11 is 0. The van der Waals surface area contributed by atoms with E-state index in [2.05, 4.69) is 4.98 Å². The molecule has 0 spiro atoms. The Morgan fingerprint density at radius 1 is 0.909 bits per heavy atom. The molecular weight excluding hydrogens is 308 g/mol. The zero-order valence-corrected chi connectivity index (χ0v) is 11.9. The molecule has 0 radical (unpaired) electrons. The topological polar surface area (TPSA) is 109 Å². The van der Waals surface area contributed by atoms with Crippen molar-refractivity contribution in [1.29, 1.82) is 0 Å². The van der Waals surface area contributed by atoms with Gasteiger partial charge in [0.25, 0.3) is 5.56 Å². The van der Waals surface area contributed by atoms with E-state index in [4.69, 9.17) is 4.18 Å². The molecule has 1 heterocycles. The molecule has 0 bridgehead atoms. The van der Waals surface area contributed by atoms with Gasteiger partial charge in [-0.1, -0.05) is 18.2 Å². The zero-order valence-electron chi connectivity index (χ0n) is 11.1. The van der Waals surface area contributed by atoms with Crippen LogP contribution in [0.3, 0.4) is 0 Å². The molecule has 0 amide bonds. The molecule has 0 aliphatic carbocycles. The summed E-state index contributed by atoms with van der Waals surface area (Å²) in [6.07, 6.45) is 0. The van der Waals surface area contributed by atoms with Crippen LogP contribution in [0, 0.1) is 0 Å². The molecule has 8 heteroatoms. The smallest absolute Gasteiger partial charge is 0.339 e. The molecule has 0 aliphatic heterocycles. The number of fused-ring (bicyclic) bond motifs is 1. The van der Waals surface area contributed by atoms with E-state index in [1.807, 2.05) is 4.98 Å². The Kier molecular flexibility index (Phi) is 3.30. The van der Waals surface area contributed by atoms with Gasteiger partial charge in [0, 0.05) is 0 Å². The van der Waals surface area contributed by atoms with Gasteiger partial charge in [0.05, 0.1) is 10.9 Å². The summed E-state index contributed by atoms with van der Waals surface area (Å²) in [7, 11) is -4.08. The van der Waals surface area contributed by atoms with Gasteiger partial charge in [0.15, 0.2) is 0 Å². The Morgan fingerprint density at radius 2 is 1.64 bits per heavy atom. The fourth-order valence-corrected chi connectivity index (χ4v) is 2.91. The molecule has 0 fully saturated rings. The predicted molar refractivity (Wildman–Crippen MR) is 79.4 cm³/mol. The van der Waals surface area contributed by atoms with Crippen molar-refractivity contribution >= 4 is 21.0 Å². The van der Waals surface area contributed by atoms with Crippen LogP contribution in [0.1, 0.15) is 0 Å². The molecular formula is C14H10N2O5S. The molecule has 3 rings (SSSR count). The normalized spacial score (nSPS) is 11.5. The molecule has 0 aliphatic rings. The van der Waals surface area contributed by atoms with Crippen LogP contribution in [-0.4, -0.2) is 18.4 Å². The average molecular weight is 318 g/mol. The number of hydrogen-bond acceptors (Lipinski definition) is 5. The first kappa shape index (κ1) is 14.1. The Hall–Kier alpha value is -2.87. The van der Waals surface area contributed by atoms with Gasteiger partial charge in [-0.2, -0.15) is 8.42 Å². The van der Waals surface area contributed by atoms with Crippen molar-refractivity contribution in [2.75, 3.05) is 0 Å². The molecule has 0 atom stereocenters. The van der Waals surface area contributed by atoms with E-state index < -0.39 is 21.4 Å². The first-order valence-electron chi connectivity index (χ1n) is 6.22. The van der Waals surface area contributed by atoms with Crippen molar-refractivity contribution in [3.8, 4) is 5.75 Å². The number of rotatable bonds is 3. The number of para-hydroxylation sites is 1. The molecule has 112 valence electrons. The molecule has 0 saturated carbocycles. The highest BCUT2D eigenvalue weighted by Crippen LogP contribution is 2.19. The largest absolute Gasteiger partial charge is 0.379 e. The van der Waals surface area contributed by atoms with E-state index in [9.17, 15) is 18.0 Å². The molecule has 0 unspecified atom stereocenters. The highest BCUT2D eigenvalue weighted by molar-refractivity contribution is 7.87. The van der Waals surface area contributed by atoms with E-state index in [0.29, 0.717) is 0 Å². The maximum atomic E-state index is 12.2. The Balaban J connectivity index is 2.10. The lowest BCUT2D eigenvalue weighted by Crippen LogP contribution is -2.22. The summed E-state index contributed by atoms with van der Waals surface area (Å²) in [5, 5.41) is 0.0531. The van der Waals surface area contributed by atoms with Crippen LogP contribution in [0.2, 0.25) is 0 Å². The van der Waals surface area contributed by atoms with Gasteiger partial charge in [0.2, 0.25) is 0 Å². The molecule has 3 aromatic rings. The number of nitrogens with one attached hydrogen (secondary N) is 2. The minimum Gasteiger partial charge on any atom is -0.379 e. The minimum atomic E-state index is -4.08. The SMILES string of the molecule is O=c1[nH]c(=O)c2cc(S(=O)(=O)Oc3ccccc3)ccc2[nH]1. The summed E-state index contributed by atoms with van der Waals surface area (Å²) in [6.45, 7) is 0. The Labute approximate surface area is 124 Å². The molecule has 7 nitrogen and oxygen atoms in total. The fraction of sp³-hybridized carbons (Fsp3) is 0. The summed E-state index contributed by atoms with van der Waals surface area (Å²) in [6, 6.07) is 11.8. The summed E-state index contributed by atoms with van der Waals surface area (Å²) in [5.41, 5.74) is -1.09. The van der Waals surface area contributed by atoms with Crippen LogP contribution in [0.25, 0.3) is 10.9 Å². The number of aromatic amines is 2. The quantitative estimate of drug-likeness (QED) is 0.700. The summed E-state index contributed by atoms with van der Waals surface area (Å²) < 4.78 is 29.4. The van der Waals surface area contributed by atoms with Gasteiger partial charge in [0.1, 0.15) is 10.6 Å². The number of hydrogen-bond donors (Lipinski definition) is 2. The molecule has 0 saturated heterocycles. The number of aromatic nitrogens is 2. The van der Waals surface area contributed by atoms with Gasteiger partial charge in [-0.3, -0.25) is 9.78 Å². The van der Waals surface area contributed by atoms with Crippen LogP contribution in [0.5, 0.6) is 5.75 Å². The molecule has 2 aromatic carbocycles. The zero-order chi connectivity index (χ0) is 15.7. The third-order valence-corrected chi connectivity index (χ3v) is 4.19. The van der Waals surface area contributed by atoms with E-state index >= 15 is 0 Å². The summed E-state index contributed by atoms with van der Waals surface area (Å²) in [5.74, 6) is 0.165. The van der Waals surface area contributed by atoms with Gasteiger partial charge in [-0.25, -0.2) is 4.79 Å². The van der Waals surface area contributed by atoms with Gasteiger partial charge < -0.3 is 9.17 Å². The maximum Gasteiger partial charge on any atom is 0.339 e. The molecule has 1 aromatic heterocycles. The van der Waals surface area contributed by atoms with Crippen molar-refractivity contribution in [1.82, 2.24) is 9.97 Å². The van der Waals surface area contributed by atoms with Crippen LogP contribution in [-0.2, 0) is 10.1 Å². The maximum absolute atomic E-state index is 12.2. The van der Waals surface area contributed by atoms with Crippen LogP contribution >= 0.6 is 0 Å². The van der Waals surface area contributed by atoms with E-state index in [1.54, 1.807) is 18.2 Å². The molecule has 2 N–H and O–H groups in total. The standard InChI is InChI=1S/C14H10N2O5S/c17-13-11-8-10(6-7-12(11)15-14(18)16-13)22(19,20)21-9-4-2-1-3-5-9/h1-8H,(H2,15,16,17,18). The highest BCUT2D eigenvalue weighted by atomic mass is 32.2. The van der Waals surface area contributed by atoms with Gasteiger partial charge in [-0.15, -0.1) is 0 Å². The summed E-state index contributed by atoms with van der Waals surface area (Å²) in [4.78, 5) is 27.2. The second kappa shape index (κ2) is 5.15. The Bertz CT molecular complexity index is 1050. The van der Waals surface area contributed by atoms with Crippen molar-refractivity contribution in [2.45, 2.75) is 4.90 Å². The highest BCUT2D eigenvalue weighted by Gasteiger charge is 2.18. The van der Waals surface area contributed by atoms with Crippen molar-refractivity contribution in [3.05, 3.63) is 69.4 Å². The number of benzene rings is 2. The van der Waals surface area contributed by atoms with Gasteiger partial charge >= 0.3 is 15.8 Å². The third-order valence-electron chi connectivity index (χ3n) is 2.95. The first-order chi connectivity index (χ1) is 10.5. The fourth-order valence-electron chi connectivity index (χ4n) is 1.95. The lowest BCUT2D eigenvalue weighted by atomic mass is 10.2. The Morgan fingerprint density at radius 3 is 2.36 bits per heavy atom. The number of H-pyrrole nitrogens is 2. The molecule has 22 heavy (non-hydrogen) atoms. The second-order valence-electron chi connectivity index (χ2n) is 4.47. The van der Waals surface area contributed by atoms with Crippen molar-refractivity contribution in [2.24, 2.45) is 0 Å². The lowest BCUT2D eigenvalue weighted by molar-refractivity contribution is 0.486. The van der Waals surface area contributed by atoms with E-state index in [-0.39, 0.29) is 21.5 Å². The van der Waals surface area contributed by atoms with E-state index in [0.717, 1.165) is 6.07 Å². The third kappa shape index (κ3) is 2.63. The van der Waals surface area contributed by atoms with Gasteiger partial charge in [-0.05, 0) is 30.3 Å². The van der Waals surface area contributed by atoms with E-state index in [1.165, 1.54) is 24.3 Å². The minimum absolute atomic E-state index is 0.0531. The second-order valence-corrected chi connectivity index (χ2v) is 6.01. The van der Waals surface area contributed by atoms with Crippen LogP contribution < -0.4 is 15.4 Å².